The van der Waals surface area contributed by atoms with E-state index in [-0.39, 0.29) is 6.04 Å². The van der Waals surface area contributed by atoms with E-state index in [1.807, 2.05) is 23.9 Å². The van der Waals surface area contributed by atoms with E-state index in [2.05, 4.69) is 50.4 Å². The number of benzene rings is 1. The molecule has 0 saturated carbocycles. The van der Waals surface area contributed by atoms with Gasteiger partial charge in [0.25, 0.3) is 0 Å². The number of nitrogens with one attached hydrogen (secondary N) is 1. The van der Waals surface area contributed by atoms with Crippen molar-refractivity contribution >= 4 is 17.4 Å². The van der Waals surface area contributed by atoms with Crippen molar-refractivity contribution in [3.05, 3.63) is 23.8 Å². The average molecular weight is 296 g/mol. The smallest absolute Gasteiger partial charge is 0.122 e. The number of anilines is 1. The number of phenolic OH excluding ortho intramolecular Hbond substituents is 1. The van der Waals surface area contributed by atoms with Crippen LogP contribution in [0.15, 0.2) is 18.2 Å². The number of hydrogen-bond donors (Lipinski definition) is 2. The zero-order chi connectivity index (χ0) is 15.1. The van der Waals surface area contributed by atoms with Crippen LogP contribution in [-0.4, -0.2) is 36.7 Å². The van der Waals surface area contributed by atoms with Gasteiger partial charge in [0, 0.05) is 42.2 Å². The average Bonchev–Trinajstić information content (AvgIpc) is 2.44. The van der Waals surface area contributed by atoms with Crippen LogP contribution < -0.4 is 10.2 Å². The molecular weight excluding hydrogens is 268 g/mol. The predicted molar refractivity (Wildman–Crippen MR) is 91.1 cm³/mol. The van der Waals surface area contributed by atoms with E-state index < -0.39 is 0 Å². The van der Waals surface area contributed by atoms with E-state index in [1.165, 1.54) is 0 Å². The first-order valence-corrected chi connectivity index (χ1v) is 8.68. The van der Waals surface area contributed by atoms with Crippen LogP contribution in [0.1, 0.15) is 38.8 Å². The summed E-state index contributed by atoms with van der Waals surface area (Å²) in [5.74, 6) is 1.45. The lowest BCUT2D eigenvalue weighted by molar-refractivity contribution is 0.452. The van der Waals surface area contributed by atoms with Crippen LogP contribution in [0, 0.1) is 0 Å². The molecule has 2 atom stereocenters. The minimum absolute atomic E-state index is 0.179. The highest BCUT2D eigenvalue weighted by Gasteiger charge is 2.14. The number of hydrogen-bond acceptors (Lipinski definition) is 4. The summed E-state index contributed by atoms with van der Waals surface area (Å²) in [6, 6.07) is 6.62. The maximum atomic E-state index is 10.2. The molecule has 0 saturated heterocycles. The van der Waals surface area contributed by atoms with Crippen molar-refractivity contribution in [2.75, 3.05) is 30.5 Å². The van der Waals surface area contributed by atoms with Crippen molar-refractivity contribution in [1.29, 1.82) is 0 Å². The number of nitrogens with zero attached hydrogens (tertiary/aromatic N) is 1. The first kappa shape index (κ1) is 17.2. The minimum atomic E-state index is 0.179. The second-order valence-electron chi connectivity index (χ2n) is 5.33. The Labute approximate surface area is 127 Å². The molecule has 0 bridgehead atoms. The first-order valence-electron chi connectivity index (χ1n) is 7.29. The van der Waals surface area contributed by atoms with Crippen molar-refractivity contribution in [2.45, 2.75) is 39.3 Å². The predicted octanol–water partition coefficient (Wildman–Crippen LogP) is 3.64. The third kappa shape index (κ3) is 4.60. The Morgan fingerprint density at radius 3 is 2.60 bits per heavy atom. The van der Waals surface area contributed by atoms with Gasteiger partial charge in [-0.2, -0.15) is 11.8 Å². The Hall–Kier alpha value is -0.870. The molecule has 0 radical (unpaired) electrons. The lowest BCUT2D eigenvalue weighted by Crippen LogP contribution is -2.30. The maximum Gasteiger partial charge on any atom is 0.122 e. The van der Waals surface area contributed by atoms with Gasteiger partial charge in [0.2, 0.25) is 0 Å². The fraction of sp³-hybridized carbons (Fsp3) is 0.625. The standard InChI is InChI=1S/C16H28N2OS/c1-6-9-17-13(3)15-8-7-14(10-16(15)19)18(4)12(2)11-20-5/h7-8,10,12-13,17,19H,6,9,11H2,1-5H3. The third-order valence-electron chi connectivity index (χ3n) is 3.66. The molecule has 4 heteroatoms. The first-order chi connectivity index (χ1) is 9.51. The normalized spacial score (nSPS) is 14.1. The summed E-state index contributed by atoms with van der Waals surface area (Å²) in [6.45, 7) is 7.40. The van der Waals surface area contributed by atoms with Gasteiger partial charge in [0.15, 0.2) is 0 Å². The van der Waals surface area contributed by atoms with Gasteiger partial charge < -0.3 is 15.3 Å². The molecule has 0 heterocycles. The van der Waals surface area contributed by atoms with Crippen molar-refractivity contribution in [3.63, 3.8) is 0 Å². The fourth-order valence-electron chi connectivity index (χ4n) is 2.20. The van der Waals surface area contributed by atoms with Crippen LogP contribution in [-0.2, 0) is 0 Å². The van der Waals surface area contributed by atoms with Crippen LogP contribution in [0.25, 0.3) is 0 Å². The number of aromatic hydroxyl groups is 1. The zero-order valence-corrected chi connectivity index (χ0v) is 14.1. The summed E-state index contributed by atoms with van der Waals surface area (Å²) >= 11 is 1.84. The van der Waals surface area contributed by atoms with E-state index in [0.717, 1.165) is 30.0 Å². The van der Waals surface area contributed by atoms with Crippen molar-refractivity contribution in [3.8, 4) is 5.75 Å². The Kier molecular flexibility index (Phi) is 7.24. The molecule has 1 aromatic rings. The van der Waals surface area contributed by atoms with E-state index in [1.54, 1.807) is 0 Å². The summed E-state index contributed by atoms with van der Waals surface area (Å²) in [6.07, 6.45) is 3.21. The Morgan fingerprint density at radius 2 is 2.05 bits per heavy atom. The summed E-state index contributed by atoms with van der Waals surface area (Å²) in [7, 11) is 2.08. The largest absolute Gasteiger partial charge is 0.508 e. The molecule has 2 N–H and O–H groups in total. The molecule has 0 aliphatic carbocycles. The van der Waals surface area contributed by atoms with Crippen LogP contribution in [0.5, 0.6) is 5.75 Å². The summed E-state index contributed by atoms with van der Waals surface area (Å²) < 4.78 is 0. The molecule has 0 aromatic heterocycles. The topological polar surface area (TPSA) is 35.5 Å². The van der Waals surface area contributed by atoms with Gasteiger partial charge in [-0.15, -0.1) is 0 Å². The molecule has 0 spiro atoms. The molecule has 1 rings (SSSR count). The molecule has 3 nitrogen and oxygen atoms in total. The highest BCUT2D eigenvalue weighted by Crippen LogP contribution is 2.29. The molecule has 0 aliphatic heterocycles. The van der Waals surface area contributed by atoms with Crippen LogP contribution in [0.3, 0.4) is 0 Å². The molecule has 0 fully saturated rings. The number of thioether (sulfide) groups is 1. The number of rotatable bonds is 8. The molecule has 0 amide bonds. The minimum Gasteiger partial charge on any atom is -0.508 e. The summed E-state index contributed by atoms with van der Waals surface area (Å²) in [5.41, 5.74) is 2.03. The Morgan fingerprint density at radius 1 is 1.35 bits per heavy atom. The lowest BCUT2D eigenvalue weighted by atomic mass is 10.1. The van der Waals surface area contributed by atoms with E-state index in [9.17, 15) is 5.11 Å². The van der Waals surface area contributed by atoms with E-state index >= 15 is 0 Å². The highest BCUT2D eigenvalue weighted by molar-refractivity contribution is 7.98. The van der Waals surface area contributed by atoms with Gasteiger partial charge >= 0.3 is 0 Å². The van der Waals surface area contributed by atoms with Crippen LogP contribution >= 0.6 is 11.8 Å². The van der Waals surface area contributed by atoms with Gasteiger partial charge in [-0.1, -0.05) is 13.0 Å². The number of phenols is 1. The summed E-state index contributed by atoms with van der Waals surface area (Å²) in [5, 5.41) is 13.7. The summed E-state index contributed by atoms with van der Waals surface area (Å²) in [4.78, 5) is 2.21. The van der Waals surface area contributed by atoms with Crippen LogP contribution in [0.2, 0.25) is 0 Å². The van der Waals surface area contributed by atoms with E-state index in [0.29, 0.717) is 11.8 Å². The van der Waals surface area contributed by atoms with Gasteiger partial charge in [0.05, 0.1) is 0 Å². The molecular formula is C16H28N2OS. The van der Waals surface area contributed by atoms with Gasteiger partial charge in [0.1, 0.15) is 5.75 Å². The quantitative estimate of drug-likeness (QED) is 0.768. The molecule has 114 valence electrons. The SMILES string of the molecule is CCCNC(C)c1ccc(N(C)C(C)CSC)cc1O. The van der Waals surface area contributed by atoms with Crippen molar-refractivity contribution in [2.24, 2.45) is 0 Å². The van der Waals surface area contributed by atoms with Crippen molar-refractivity contribution in [1.82, 2.24) is 5.32 Å². The third-order valence-corrected chi connectivity index (χ3v) is 4.47. The Bertz CT molecular complexity index is 411. The second kappa shape index (κ2) is 8.42. The lowest BCUT2D eigenvalue weighted by Gasteiger charge is -2.27. The molecule has 2 unspecified atom stereocenters. The maximum absolute atomic E-state index is 10.2. The highest BCUT2D eigenvalue weighted by atomic mass is 32.2. The second-order valence-corrected chi connectivity index (χ2v) is 6.24. The Balaban J connectivity index is 2.81. The monoisotopic (exact) mass is 296 g/mol. The van der Waals surface area contributed by atoms with Gasteiger partial charge in [-0.05, 0) is 39.1 Å². The van der Waals surface area contributed by atoms with E-state index in [4.69, 9.17) is 0 Å². The van der Waals surface area contributed by atoms with Crippen molar-refractivity contribution < 1.29 is 5.11 Å². The fourth-order valence-corrected chi connectivity index (χ4v) is 2.90. The van der Waals surface area contributed by atoms with Gasteiger partial charge in [-0.3, -0.25) is 0 Å². The molecule has 0 aliphatic rings. The molecule has 20 heavy (non-hydrogen) atoms. The van der Waals surface area contributed by atoms with Crippen LogP contribution in [0.4, 0.5) is 5.69 Å². The van der Waals surface area contributed by atoms with Gasteiger partial charge in [-0.25, -0.2) is 0 Å². The zero-order valence-electron chi connectivity index (χ0n) is 13.3. The molecule has 1 aromatic carbocycles.